The van der Waals surface area contributed by atoms with Crippen molar-refractivity contribution in [1.82, 2.24) is 5.32 Å². The molecule has 2 aliphatic carbocycles. The van der Waals surface area contributed by atoms with Gasteiger partial charge >= 0.3 is 0 Å². The molecule has 0 bridgehead atoms. The van der Waals surface area contributed by atoms with Gasteiger partial charge < -0.3 is 10.1 Å². The molecule has 1 N–H and O–H groups in total. The van der Waals surface area contributed by atoms with Gasteiger partial charge in [0.1, 0.15) is 17.7 Å². The number of allylic oxidation sites excluding steroid dienone is 5. The van der Waals surface area contributed by atoms with Crippen molar-refractivity contribution in [3.63, 3.8) is 0 Å². The maximum Gasteiger partial charge on any atom is 0.149 e. The number of benzene rings is 7. The predicted molar refractivity (Wildman–Crippen MR) is 229 cm³/mol. The molecule has 7 aromatic rings. The average Bonchev–Trinajstić information content (AvgIpc) is 3.57. The smallest absolute Gasteiger partial charge is 0.149 e. The Hall–Kier alpha value is -6.97. The molecule has 3 nitrogen and oxygen atoms in total. The fourth-order valence-electron chi connectivity index (χ4n) is 9.36. The first-order valence-corrected chi connectivity index (χ1v) is 19.5. The van der Waals surface area contributed by atoms with Gasteiger partial charge in [0.15, 0.2) is 0 Å². The van der Waals surface area contributed by atoms with Gasteiger partial charge in [-0.15, -0.1) is 0 Å². The number of ether oxygens (including phenoxy) is 1. The lowest BCUT2D eigenvalue weighted by Gasteiger charge is -2.40. The summed E-state index contributed by atoms with van der Waals surface area (Å²) in [6.07, 6.45) is 8.27. The second-order valence-corrected chi connectivity index (χ2v) is 15.0. The summed E-state index contributed by atoms with van der Waals surface area (Å²) in [7, 11) is 0. The van der Waals surface area contributed by atoms with Gasteiger partial charge in [-0.05, 0) is 80.6 Å². The van der Waals surface area contributed by atoms with Crippen molar-refractivity contribution < 1.29 is 4.74 Å². The molecule has 2 heterocycles. The summed E-state index contributed by atoms with van der Waals surface area (Å²) in [5.74, 6) is 1.74. The van der Waals surface area contributed by atoms with Crippen molar-refractivity contribution >= 4 is 17.0 Å². The van der Waals surface area contributed by atoms with Gasteiger partial charge in [0, 0.05) is 22.4 Å². The summed E-state index contributed by atoms with van der Waals surface area (Å²) in [5.41, 5.74) is 17.3. The van der Waals surface area contributed by atoms with E-state index in [4.69, 9.17) is 9.73 Å². The molecule has 1 atom stereocenters. The van der Waals surface area contributed by atoms with Crippen LogP contribution in [0.4, 0.5) is 0 Å². The molecular formula is C53H38N2O. The van der Waals surface area contributed by atoms with Crippen LogP contribution in [0.15, 0.2) is 205 Å². The van der Waals surface area contributed by atoms with Crippen LogP contribution < -0.4 is 10.1 Å². The molecule has 0 amide bonds. The molecule has 0 radical (unpaired) electrons. The molecule has 11 rings (SSSR count). The van der Waals surface area contributed by atoms with E-state index in [1.165, 1.54) is 50.1 Å². The Bertz CT molecular complexity index is 2740. The van der Waals surface area contributed by atoms with Crippen LogP contribution in [0, 0.1) is 0 Å². The van der Waals surface area contributed by atoms with E-state index in [-0.39, 0.29) is 6.17 Å². The molecule has 7 aromatic carbocycles. The van der Waals surface area contributed by atoms with Gasteiger partial charge in [-0.3, -0.25) is 4.99 Å². The third-order valence-electron chi connectivity index (χ3n) is 12.0. The molecule has 4 aliphatic rings. The molecule has 56 heavy (non-hydrogen) atoms. The van der Waals surface area contributed by atoms with Crippen LogP contribution in [0.1, 0.15) is 58.0 Å². The molecule has 2 aliphatic heterocycles. The molecule has 0 fully saturated rings. The zero-order valence-corrected chi connectivity index (χ0v) is 30.8. The number of fused-ring (bicyclic) bond motifs is 9. The number of hydrogen-bond acceptors (Lipinski definition) is 3. The highest BCUT2D eigenvalue weighted by atomic mass is 16.5. The third kappa shape index (κ3) is 5.08. The van der Waals surface area contributed by atoms with Crippen molar-refractivity contribution in [3.05, 3.63) is 239 Å². The molecule has 1 unspecified atom stereocenters. The topological polar surface area (TPSA) is 33.6 Å². The third-order valence-corrected chi connectivity index (χ3v) is 12.0. The van der Waals surface area contributed by atoms with Crippen molar-refractivity contribution in [2.45, 2.75) is 24.4 Å². The van der Waals surface area contributed by atoms with Gasteiger partial charge in [0.25, 0.3) is 0 Å². The van der Waals surface area contributed by atoms with E-state index in [0.29, 0.717) is 0 Å². The van der Waals surface area contributed by atoms with Crippen molar-refractivity contribution in [3.8, 4) is 33.8 Å². The fourth-order valence-corrected chi connectivity index (χ4v) is 9.36. The SMILES string of the molecule is C1=C(C2=NC(c3cccc4c3Oc3ccccc3C43c4ccccc4-c4ccccc43)NC(c3ccc(-c4ccccc4)cc3)=C2)CCC(c2ccccc2)=C1. The molecular weight excluding hydrogens is 681 g/mol. The van der Waals surface area contributed by atoms with Gasteiger partial charge in [-0.25, -0.2) is 0 Å². The van der Waals surface area contributed by atoms with E-state index >= 15 is 0 Å². The highest BCUT2D eigenvalue weighted by Gasteiger charge is 2.51. The molecule has 0 aromatic heterocycles. The first-order valence-electron chi connectivity index (χ1n) is 19.5. The Morgan fingerprint density at radius 1 is 0.482 bits per heavy atom. The Morgan fingerprint density at radius 3 is 1.73 bits per heavy atom. The lowest BCUT2D eigenvalue weighted by Crippen LogP contribution is -2.33. The van der Waals surface area contributed by atoms with Crippen LogP contribution in [0.3, 0.4) is 0 Å². The van der Waals surface area contributed by atoms with Gasteiger partial charge in [0.05, 0.1) is 11.1 Å². The fraction of sp³-hybridized carbons (Fsp3) is 0.0755. The summed E-state index contributed by atoms with van der Waals surface area (Å²) in [4.78, 5) is 5.53. The zero-order valence-electron chi connectivity index (χ0n) is 30.8. The number of hydrogen-bond donors (Lipinski definition) is 1. The van der Waals surface area contributed by atoms with Crippen molar-refractivity contribution in [1.29, 1.82) is 0 Å². The highest BCUT2D eigenvalue weighted by Crippen LogP contribution is 2.62. The van der Waals surface area contributed by atoms with E-state index in [0.717, 1.165) is 58.0 Å². The number of rotatable bonds is 5. The van der Waals surface area contributed by atoms with Crippen LogP contribution in [0.2, 0.25) is 0 Å². The lowest BCUT2D eigenvalue weighted by molar-refractivity contribution is 0.424. The first kappa shape index (κ1) is 32.5. The van der Waals surface area contributed by atoms with Gasteiger partial charge in [0.2, 0.25) is 0 Å². The van der Waals surface area contributed by atoms with E-state index in [2.05, 4.69) is 199 Å². The second-order valence-electron chi connectivity index (χ2n) is 15.0. The van der Waals surface area contributed by atoms with Crippen molar-refractivity contribution in [2.24, 2.45) is 4.99 Å². The maximum absolute atomic E-state index is 7.08. The Balaban J connectivity index is 1.07. The van der Waals surface area contributed by atoms with Crippen LogP contribution in [-0.2, 0) is 5.41 Å². The van der Waals surface area contributed by atoms with Crippen LogP contribution in [0.5, 0.6) is 11.5 Å². The van der Waals surface area contributed by atoms with E-state index < -0.39 is 5.41 Å². The van der Waals surface area contributed by atoms with E-state index in [1.807, 2.05) is 0 Å². The van der Waals surface area contributed by atoms with Gasteiger partial charge in [-0.1, -0.05) is 182 Å². The number of para-hydroxylation sites is 2. The summed E-state index contributed by atoms with van der Waals surface area (Å²) in [6, 6.07) is 63.1. The number of aliphatic imine (C=N–C) groups is 1. The average molecular weight is 719 g/mol. The largest absolute Gasteiger partial charge is 0.456 e. The summed E-state index contributed by atoms with van der Waals surface area (Å²) in [6.45, 7) is 0. The Morgan fingerprint density at radius 2 is 1.04 bits per heavy atom. The molecule has 266 valence electrons. The number of nitrogens with one attached hydrogen (secondary N) is 1. The molecule has 1 spiro atoms. The minimum Gasteiger partial charge on any atom is -0.456 e. The second kappa shape index (κ2) is 13.1. The molecule has 0 saturated carbocycles. The summed E-state index contributed by atoms with van der Waals surface area (Å²) < 4.78 is 7.08. The predicted octanol–water partition coefficient (Wildman–Crippen LogP) is 12.7. The van der Waals surface area contributed by atoms with Crippen LogP contribution in [-0.4, -0.2) is 5.71 Å². The van der Waals surface area contributed by atoms with Crippen LogP contribution in [0.25, 0.3) is 33.5 Å². The van der Waals surface area contributed by atoms with E-state index in [1.54, 1.807) is 0 Å². The zero-order chi connectivity index (χ0) is 37.1. The quantitative estimate of drug-likeness (QED) is 0.192. The van der Waals surface area contributed by atoms with Crippen molar-refractivity contribution in [2.75, 3.05) is 0 Å². The summed E-state index contributed by atoms with van der Waals surface area (Å²) >= 11 is 0. The Labute approximate surface area is 327 Å². The van der Waals surface area contributed by atoms with Gasteiger partial charge in [-0.2, -0.15) is 0 Å². The first-order chi connectivity index (χ1) is 27.8. The standard InChI is InChI=1S/C53H38N2O/c1-3-14-35(15-4-1)37-26-30-39(31-27-37)48-34-49(40-32-28-38(29-33-40)36-16-5-2-6-17-36)55-52(54-48)43-20-13-24-47-51(43)56-50-25-12-11-23-46(50)53(47)44-21-9-7-18-41(44)42-19-8-10-22-45(42)53/h1-28,30-32,34,52,54H,29,33H2. The normalized spacial score (nSPS) is 17.1. The Kier molecular flexibility index (Phi) is 7.60. The van der Waals surface area contributed by atoms with Crippen LogP contribution >= 0.6 is 0 Å². The van der Waals surface area contributed by atoms with E-state index in [9.17, 15) is 0 Å². The summed E-state index contributed by atoms with van der Waals surface area (Å²) in [5, 5.41) is 3.89. The minimum atomic E-state index is -0.537. The monoisotopic (exact) mass is 718 g/mol. The molecule has 0 saturated heterocycles. The maximum atomic E-state index is 7.08. The highest BCUT2D eigenvalue weighted by molar-refractivity contribution is 6.13. The number of nitrogens with zero attached hydrogens (tertiary/aromatic N) is 1. The lowest BCUT2D eigenvalue weighted by atomic mass is 9.65. The minimum absolute atomic E-state index is 0.386. The molecule has 3 heteroatoms.